The number of primary amides is 1. The van der Waals surface area contributed by atoms with Crippen LogP contribution < -0.4 is 16.4 Å². The maximum atomic E-state index is 12.2. The molecular formula is C19H29N3O4. The monoisotopic (exact) mass is 363 g/mol. The fourth-order valence-electron chi connectivity index (χ4n) is 2.39. The third kappa shape index (κ3) is 9.66. The van der Waals surface area contributed by atoms with Gasteiger partial charge in [0.05, 0.1) is 13.0 Å². The number of nitrogens with two attached hydrogens (primary N) is 1. The molecule has 0 bridgehead atoms. The average Bonchev–Trinajstić information content (AvgIpc) is 2.61. The molecule has 0 saturated heterocycles. The van der Waals surface area contributed by atoms with Gasteiger partial charge in [-0.1, -0.05) is 56.5 Å². The number of benzene rings is 1. The SMILES string of the molecule is CCCCCCOC(=O)N[C@H](CC(N)=O)C(=O)NCCc1ccccc1. The molecule has 26 heavy (non-hydrogen) atoms. The van der Waals surface area contributed by atoms with E-state index in [0.29, 0.717) is 13.0 Å². The predicted octanol–water partition coefficient (Wildman–Crippen LogP) is 1.90. The van der Waals surface area contributed by atoms with Crippen LogP contribution >= 0.6 is 0 Å². The van der Waals surface area contributed by atoms with Gasteiger partial charge < -0.3 is 21.1 Å². The molecule has 0 radical (unpaired) electrons. The van der Waals surface area contributed by atoms with Gasteiger partial charge in [0, 0.05) is 6.54 Å². The van der Waals surface area contributed by atoms with Crippen LogP contribution in [0.4, 0.5) is 4.79 Å². The number of carbonyl (C=O) groups excluding carboxylic acids is 3. The zero-order valence-electron chi connectivity index (χ0n) is 15.3. The lowest BCUT2D eigenvalue weighted by atomic mass is 10.1. The molecule has 1 atom stereocenters. The van der Waals surface area contributed by atoms with E-state index >= 15 is 0 Å². The summed E-state index contributed by atoms with van der Waals surface area (Å²) in [7, 11) is 0. The smallest absolute Gasteiger partial charge is 0.407 e. The molecule has 1 aromatic carbocycles. The Morgan fingerprint density at radius 3 is 2.50 bits per heavy atom. The van der Waals surface area contributed by atoms with E-state index in [2.05, 4.69) is 17.6 Å². The molecule has 0 aliphatic heterocycles. The molecule has 144 valence electrons. The van der Waals surface area contributed by atoms with Crippen molar-refractivity contribution in [3.05, 3.63) is 35.9 Å². The summed E-state index contributed by atoms with van der Waals surface area (Å²) in [6.07, 6.45) is 3.58. The van der Waals surface area contributed by atoms with E-state index in [1.807, 2.05) is 30.3 Å². The summed E-state index contributed by atoms with van der Waals surface area (Å²) >= 11 is 0. The van der Waals surface area contributed by atoms with Gasteiger partial charge in [0.15, 0.2) is 0 Å². The molecule has 0 aromatic heterocycles. The molecule has 7 nitrogen and oxygen atoms in total. The summed E-state index contributed by atoms with van der Waals surface area (Å²) in [5, 5.41) is 5.12. The van der Waals surface area contributed by atoms with Crippen LogP contribution in [0.5, 0.6) is 0 Å². The van der Waals surface area contributed by atoms with Crippen LogP contribution in [0.1, 0.15) is 44.6 Å². The number of hydrogen-bond donors (Lipinski definition) is 3. The van der Waals surface area contributed by atoms with Crippen molar-refractivity contribution in [3.8, 4) is 0 Å². The van der Waals surface area contributed by atoms with Gasteiger partial charge in [-0.25, -0.2) is 4.79 Å². The number of nitrogens with one attached hydrogen (secondary N) is 2. The molecule has 0 fully saturated rings. The van der Waals surface area contributed by atoms with E-state index in [9.17, 15) is 14.4 Å². The number of ether oxygens (including phenoxy) is 1. The second-order valence-electron chi connectivity index (χ2n) is 6.09. The maximum Gasteiger partial charge on any atom is 0.407 e. The molecular weight excluding hydrogens is 334 g/mol. The van der Waals surface area contributed by atoms with Gasteiger partial charge in [0.25, 0.3) is 0 Å². The van der Waals surface area contributed by atoms with Crippen molar-refractivity contribution in [2.24, 2.45) is 5.73 Å². The summed E-state index contributed by atoms with van der Waals surface area (Å²) in [5.41, 5.74) is 6.25. The highest BCUT2D eigenvalue weighted by Crippen LogP contribution is 2.01. The van der Waals surface area contributed by atoms with Gasteiger partial charge in [-0.05, 0) is 18.4 Å². The highest BCUT2D eigenvalue weighted by Gasteiger charge is 2.23. The van der Waals surface area contributed by atoms with Gasteiger partial charge in [0.2, 0.25) is 11.8 Å². The highest BCUT2D eigenvalue weighted by atomic mass is 16.5. The lowest BCUT2D eigenvalue weighted by Crippen LogP contribution is -2.49. The van der Waals surface area contributed by atoms with Crippen molar-refractivity contribution in [1.82, 2.24) is 10.6 Å². The first-order valence-electron chi connectivity index (χ1n) is 9.06. The largest absolute Gasteiger partial charge is 0.450 e. The van der Waals surface area contributed by atoms with Crippen LogP contribution in [0.3, 0.4) is 0 Å². The molecule has 0 spiro atoms. The fraction of sp³-hybridized carbons (Fsp3) is 0.526. The Labute approximate surface area is 154 Å². The minimum absolute atomic E-state index is 0.276. The maximum absolute atomic E-state index is 12.2. The quantitative estimate of drug-likeness (QED) is 0.493. The van der Waals surface area contributed by atoms with Crippen molar-refractivity contribution in [1.29, 1.82) is 0 Å². The number of rotatable bonds is 12. The van der Waals surface area contributed by atoms with Gasteiger partial charge in [-0.15, -0.1) is 0 Å². The van der Waals surface area contributed by atoms with Crippen LogP contribution in [0.25, 0.3) is 0 Å². The van der Waals surface area contributed by atoms with Gasteiger partial charge in [-0.2, -0.15) is 0 Å². The predicted molar refractivity (Wildman–Crippen MR) is 99.4 cm³/mol. The van der Waals surface area contributed by atoms with Gasteiger partial charge >= 0.3 is 6.09 Å². The summed E-state index contributed by atoms with van der Waals surface area (Å²) in [5.74, 6) is -1.13. The van der Waals surface area contributed by atoms with E-state index in [-0.39, 0.29) is 13.0 Å². The number of carbonyl (C=O) groups is 3. The summed E-state index contributed by atoms with van der Waals surface area (Å²) in [6.45, 7) is 2.77. The molecule has 7 heteroatoms. The lowest BCUT2D eigenvalue weighted by Gasteiger charge is -2.17. The molecule has 0 heterocycles. The summed E-state index contributed by atoms with van der Waals surface area (Å²) in [4.78, 5) is 35.2. The second-order valence-corrected chi connectivity index (χ2v) is 6.09. The van der Waals surface area contributed by atoms with Crippen molar-refractivity contribution < 1.29 is 19.1 Å². The van der Waals surface area contributed by atoms with Crippen LogP contribution in [0.2, 0.25) is 0 Å². The first kappa shape index (κ1) is 21.5. The topological polar surface area (TPSA) is 111 Å². The van der Waals surface area contributed by atoms with Gasteiger partial charge in [-0.3, -0.25) is 9.59 Å². The van der Waals surface area contributed by atoms with E-state index in [0.717, 1.165) is 31.2 Å². The third-order valence-electron chi connectivity index (χ3n) is 3.80. The number of alkyl carbamates (subject to hydrolysis) is 1. The summed E-state index contributed by atoms with van der Waals surface area (Å²) in [6, 6.07) is 8.65. The van der Waals surface area contributed by atoms with Gasteiger partial charge in [0.1, 0.15) is 6.04 Å². The van der Waals surface area contributed by atoms with E-state index in [1.54, 1.807) is 0 Å². The fourth-order valence-corrected chi connectivity index (χ4v) is 2.39. The van der Waals surface area contributed by atoms with Crippen LogP contribution in [0.15, 0.2) is 30.3 Å². The Morgan fingerprint density at radius 1 is 1.12 bits per heavy atom. The minimum atomic E-state index is -1.04. The van der Waals surface area contributed by atoms with Crippen molar-refractivity contribution in [2.45, 2.75) is 51.5 Å². The van der Waals surface area contributed by atoms with Crippen molar-refractivity contribution in [2.75, 3.05) is 13.2 Å². The third-order valence-corrected chi connectivity index (χ3v) is 3.80. The Kier molecular flexibility index (Phi) is 10.5. The zero-order valence-corrected chi connectivity index (χ0v) is 15.3. The van der Waals surface area contributed by atoms with Crippen LogP contribution in [-0.2, 0) is 20.7 Å². The van der Waals surface area contributed by atoms with Crippen molar-refractivity contribution in [3.63, 3.8) is 0 Å². The summed E-state index contributed by atoms with van der Waals surface area (Å²) < 4.78 is 5.04. The van der Waals surface area contributed by atoms with Crippen LogP contribution in [0, 0.1) is 0 Å². The molecule has 4 N–H and O–H groups in total. The van der Waals surface area contributed by atoms with E-state index in [4.69, 9.17) is 10.5 Å². The molecule has 0 aliphatic carbocycles. The highest BCUT2D eigenvalue weighted by molar-refractivity contribution is 5.90. The molecule has 0 unspecified atom stereocenters. The standard InChI is InChI=1S/C19H29N3O4/c1-2-3-4-8-13-26-19(25)22-16(14-17(20)23)18(24)21-12-11-15-9-6-5-7-10-15/h5-7,9-10,16H,2-4,8,11-14H2,1H3,(H2,20,23)(H,21,24)(H,22,25)/t16-/m1/s1. The molecule has 3 amide bonds. The number of hydrogen-bond acceptors (Lipinski definition) is 4. The van der Waals surface area contributed by atoms with E-state index < -0.39 is 23.9 Å². The lowest BCUT2D eigenvalue weighted by molar-refractivity contribution is -0.127. The first-order valence-corrected chi connectivity index (χ1v) is 9.06. The second kappa shape index (κ2) is 12.7. The average molecular weight is 363 g/mol. The Morgan fingerprint density at radius 2 is 1.85 bits per heavy atom. The Hall–Kier alpha value is -2.57. The molecule has 0 saturated carbocycles. The number of unbranched alkanes of at least 4 members (excludes halogenated alkanes) is 3. The molecule has 1 rings (SSSR count). The Bertz CT molecular complexity index is 563. The Balaban J connectivity index is 2.39. The molecule has 1 aromatic rings. The zero-order chi connectivity index (χ0) is 19.2. The minimum Gasteiger partial charge on any atom is -0.450 e. The van der Waals surface area contributed by atoms with E-state index in [1.165, 1.54) is 0 Å². The van der Waals surface area contributed by atoms with Crippen molar-refractivity contribution >= 4 is 17.9 Å². The first-order chi connectivity index (χ1) is 12.5. The number of amides is 3. The van der Waals surface area contributed by atoms with Crippen LogP contribution in [-0.4, -0.2) is 37.1 Å². The molecule has 0 aliphatic rings. The normalized spacial score (nSPS) is 11.4.